The molecular formula is C14H25NOS. The molecule has 0 amide bonds. The summed E-state index contributed by atoms with van der Waals surface area (Å²) in [6.07, 6.45) is 4.53. The van der Waals surface area contributed by atoms with Crippen molar-refractivity contribution >= 4 is 11.3 Å². The molecule has 0 aliphatic heterocycles. The van der Waals surface area contributed by atoms with Crippen LogP contribution in [0.4, 0.5) is 0 Å². The zero-order chi connectivity index (χ0) is 12.3. The monoisotopic (exact) mass is 255 g/mol. The normalized spacial score (nSPS) is 12.8. The van der Waals surface area contributed by atoms with Crippen molar-refractivity contribution in [2.75, 3.05) is 19.8 Å². The van der Waals surface area contributed by atoms with E-state index in [1.54, 1.807) is 11.3 Å². The van der Waals surface area contributed by atoms with E-state index in [4.69, 9.17) is 4.74 Å². The van der Waals surface area contributed by atoms with Crippen molar-refractivity contribution < 1.29 is 4.74 Å². The predicted octanol–water partition coefficient (Wildman–Crippen LogP) is 3.48. The second kappa shape index (κ2) is 9.63. The summed E-state index contributed by atoms with van der Waals surface area (Å²) < 4.78 is 5.58. The van der Waals surface area contributed by atoms with Gasteiger partial charge in [-0.25, -0.2) is 0 Å². The van der Waals surface area contributed by atoms with Crippen LogP contribution in [0.25, 0.3) is 0 Å². The Labute approximate surface area is 109 Å². The van der Waals surface area contributed by atoms with E-state index in [1.807, 2.05) is 0 Å². The van der Waals surface area contributed by atoms with Gasteiger partial charge in [0.15, 0.2) is 0 Å². The van der Waals surface area contributed by atoms with E-state index in [9.17, 15) is 0 Å². The summed E-state index contributed by atoms with van der Waals surface area (Å²) in [5.41, 5.74) is 1.44. The van der Waals surface area contributed by atoms with Crippen LogP contribution in [0, 0.1) is 0 Å². The Balaban J connectivity index is 2.26. The average Bonchev–Trinajstić information content (AvgIpc) is 2.84. The van der Waals surface area contributed by atoms with Crippen molar-refractivity contribution in [3.05, 3.63) is 22.4 Å². The molecule has 1 aromatic rings. The summed E-state index contributed by atoms with van der Waals surface area (Å²) in [7, 11) is 0. The Hall–Kier alpha value is -0.380. The quantitative estimate of drug-likeness (QED) is 0.646. The zero-order valence-corrected chi connectivity index (χ0v) is 11.9. The minimum atomic E-state index is 0.557. The summed E-state index contributed by atoms with van der Waals surface area (Å²) in [6.45, 7) is 7.22. The highest BCUT2D eigenvalue weighted by molar-refractivity contribution is 7.07. The van der Waals surface area contributed by atoms with Crippen LogP contribution in [-0.4, -0.2) is 25.8 Å². The lowest BCUT2D eigenvalue weighted by Gasteiger charge is -2.18. The molecule has 1 unspecified atom stereocenters. The molecule has 0 bridgehead atoms. The SMILES string of the molecule is CCCNC(CCOCCC)Cc1ccsc1. The van der Waals surface area contributed by atoms with Gasteiger partial charge in [-0.3, -0.25) is 0 Å². The topological polar surface area (TPSA) is 21.3 Å². The third kappa shape index (κ3) is 6.81. The molecule has 17 heavy (non-hydrogen) atoms. The van der Waals surface area contributed by atoms with E-state index in [-0.39, 0.29) is 0 Å². The van der Waals surface area contributed by atoms with Gasteiger partial charge in [0.1, 0.15) is 0 Å². The predicted molar refractivity (Wildman–Crippen MR) is 75.8 cm³/mol. The maximum atomic E-state index is 5.58. The van der Waals surface area contributed by atoms with E-state index in [1.165, 1.54) is 12.0 Å². The lowest BCUT2D eigenvalue weighted by atomic mass is 10.1. The Morgan fingerprint density at radius 2 is 2.18 bits per heavy atom. The third-order valence-corrected chi connectivity index (χ3v) is 3.44. The number of ether oxygens (including phenoxy) is 1. The van der Waals surface area contributed by atoms with Crippen LogP contribution >= 0.6 is 11.3 Å². The van der Waals surface area contributed by atoms with Crippen molar-refractivity contribution in [2.45, 2.75) is 45.6 Å². The molecule has 1 heterocycles. The Morgan fingerprint density at radius 3 is 2.82 bits per heavy atom. The summed E-state index contributed by atoms with van der Waals surface area (Å²) in [6, 6.07) is 2.78. The van der Waals surface area contributed by atoms with Crippen LogP contribution in [0.5, 0.6) is 0 Å². The van der Waals surface area contributed by atoms with Gasteiger partial charge in [0.2, 0.25) is 0 Å². The number of hydrogen-bond acceptors (Lipinski definition) is 3. The van der Waals surface area contributed by atoms with Crippen LogP contribution in [0.1, 0.15) is 38.7 Å². The number of rotatable bonds is 10. The fourth-order valence-electron chi connectivity index (χ4n) is 1.79. The van der Waals surface area contributed by atoms with Gasteiger partial charge in [-0.1, -0.05) is 13.8 Å². The molecule has 1 aromatic heterocycles. The van der Waals surface area contributed by atoms with E-state index in [0.717, 1.165) is 39.0 Å². The van der Waals surface area contributed by atoms with Crippen LogP contribution in [-0.2, 0) is 11.2 Å². The van der Waals surface area contributed by atoms with Crippen LogP contribution < -0.4 is 5.32 Å². The van der Waals surface area contributed by atoms with Crippen molar-refractivity contribution in [2.24, 2.45) is 0 Å². The van der Waals surface area contributed by atoms with E-state index in [0.29, 0.717) is 6.04 Å². The van der Waals surface area contributed by atoms with Gasteiger partial charge >= 0.3 is 0 Å². The zero-order valence-electron chi connectivity index (χ0n) is 11.1. The molecular weight excluding hydrogens is 230 g/mol. The molecule has 98 valence electrons. The Bertz CT molecular complexity index is 261. The molecule has 0 aliphatic carbocycles. The first kappa shape index (κ1) is 14.7. The maximum absolute atomic E-state index is 5.58. The van der Waals surface area contributed by atoms with Crippen molar-refractivity contribution in [3.63, 3.8) is 0 Å². The maximum Gasteiger partial charge on any atom is 0.0480 e. The number of nitrogens with one attached hydrogen (secondary N) is 1. The molecule has 3 heteroatoms. The van der Waals surface area contributed by atoms with Crippen LogP contribution in [0.15, 0.2) is 16.8 Å². The van der Waals surface area contributed by atoms with Gasteiger partial charge in [-0.05, 0) is 54.6 Å². The average molecular weight is 255 g/mol. The van der Waals surface area contributed by atoms with Gasteiger partial charge in [-0.2, -0.15) is 11.3 Å². The second-order valence-electron chi connectivity index (χ2n) is 4.39. The Morgan fingerprint density at radius 1 is 1.29 bits per heavy atom. The summed E-state index contributed by atoms with van der Waals surface area (Å²) >= 11 is 1.78. The molecule has 1 N–H and O–H groups in total. The molecule has 0 aromatic carbocycles. The van der Waals surface area contributed by atoms with Crippen molar-refractivity contribution in [1.82, 2.24) is 5.32 Å². The summed E-state index contributed by atoms with van der Waals surface area (Å²) in [5, 5.41) is 8.01. The molecule has 1 rings (SSSR count). The standard InChI is InChI=1S/C14H25NOS/c1-3-7-15-14(5-9-16-8-4-2)11-13-6-10-17-12-13/h6,10,12,14-15H,3-5,7-9,11H2,1-2H3. The second-order valence-corrected chi connectivity index (χ2v) is 5.17. The molecule has 1 atom stereocenters. The van der Waals surface area contributed by atoms with Crippen molar-refractivity contribution in [3.8, 4) is 0 Å². The highest BCUT2D eigenvalue weighted by Crippen LogP contribution is 2.10. The largest absolute Gasteiger partial charge is 0.381 e. The fourth-order valence-corrected chi connectivity index (χ4v) is 2.47. The van der Waals surface area contributed by atoms with Crippen LogP contribution in [0.2, 0.25) is 0 Å². The number of hydrogen-bond donors (Lipinski definition) is 1. The summed E-state index contributed by atoms with van der Waals surface area (Å²) in [4.78, 5) is 0. The first-order valence-corrected chi connectivity index (χ1v) is 7.63. The molecule has 0 fully saturated rings. The smallest absolute Gasteiger partial charge is 0.0480 e. The van der Waals surface area contributed by atoms with Gasteiger partial charge in [-0.15, -0.1) is 0 Å². The van der Waals surface area contributed by atoms with Gasteiger partial charge in [0.05, 0.1) is 0 Å². The first-order chi connectivity index (χ1) is 8.36. The van der Waals surface area contributed by atoms with E-state index < -0.39 is 0 Å². The molecule has 0 spiro atoms. The molecule has 0 saturated carbocycles. The minimum Gasteiger partial charge on any atom is -0.381 e. The number of thiophene rings is 1. The van der Waals surface area contributed by atoms with Gasteiger partial charge in [0, 0.05) is 19.3 Å². The minimum absolute atomic E-state index is 0.557. The molecule has 0 saturated heterocycles. The highest BCUT2D eigenvalue weighted by atomic mass is 32.1. The summed E-state index contributed by atoms with van der Waals surface area (Å²) in [5.74, 6) is 0. The fraction of sp³-hybridized carbons (Fsp3) is 0.714. The molecule has 0 radical (unpaired) electrons. The first-order valence-electron chi connectivity index (χ1n) is 6.69. The molecule has 0 aliphatic rings. The van der Waals surface area contributed by atoms with Gasteiger partial charge < -0.3 is 10.1 Å². The Kier molecular flexibility index (Phi) is 8.32. The third-order valence-electron chi connectivity index (χ3n) is 2.70. The lowest BCUT2D eigenvalue weighted by molar-refractivity contribution is 0.124. The van der Waals surface area contributed by atoms with Gasteiger partial charge in [0.25, 0.3) is 0 Å². The van der Waals surface area contributed by atoms with Crippen molar-refractivity contribution in [1.29, 1.82) is 0 Å². The van der Waals surface area contributed by atoms with E-state index in [2.05, 4.69) is 36.0 Å². The van der Waals surface area contributed by atoms with E-state index >= 15 is 0 Å². The highest BCUT2D eigenvalue weighted by Gasteiger charge is 2.08. The lowest BCUT2D eigenvalue weighted by Crippen LogP contribution is -2.32. The van der Waals surface area contributed by atoms with Crippen LogP contribution in [0.3, 0.4) is 0 Å². The molecule has 2 nitrogen and oxygen atoms in total.